The Hall–Kier alpha value is -1.66. The lowest BCUT2D eigenvalue weighted by molar-refractivity contribution is 0.592. The lowest BCUT2D eigenvalue weighted by Crippen LogP contribution is -2.09. The first kappa shape index (κ1) is 22.6. The van der Waals surface area contributed by atoms with E-state index in [-0.39, 0.29) is 0 Å². The molecule has 0 spiro atoms. The van der Waals surface area contributed by atoms with Crippen LogP contribution in [-0.2, 0) is 0 Å². The van der Waals surface area contributed by atoms with Gasteiger partial charge in [-0.1, -0.05) is 85.7 Å². The minimum Gasteiger partial charge on any atom is -0.473 e. The smallest absolute Gasteiger partial charge is 0.132 e. The topological polar surface area (TPSA) is 21.6 Å². The zero-order chi connectivity index (χ0) is 20.8. The first-order valence-electron chi connectivity index (χ1n) is 10.4. The van der Waals surface area contributed by atoms with Crippen LogP contribution in [-0.4, -0.2) is 17.5 Å². The van der Waals surface area contributed by atoms with Crippen LogP contribution >= 0.6 is 8.15 Å². The van der Waals surface area contributed by atoms with E-state index in [1.807, 2.05) is 12.3 Å². The molecule has 0 heterocycles. The Bertz CT molecular complexity index is 759. The van der Waals surface area contributed by atoms with Crippen LogP contribution < -0.4 is 4.52 Å². The van der Waals surface area contributed by atoms with Crippen molar-refractivity contribution in [3.05, 3.63) is 59.2 Å². The van der Waals surface area contributed by atoms with Gasteiger partial charge >= 0.3 is 0 Å². The fourth-order valence-electron chi connectivity index (χ4n) is 3.39. The molecule has 2 rings (SSSR count). The summed E-state index contributed by atoms with van der Waals surface area (Å²) in [6.45, 7) is 17.9. The molecular formula is C25H36NOP. The minimum atomic E-state index is -0.531. The van der Waals surface area contributed by atoms with E-state index in [1.54, 1.807) is 0 Å². The lowest BCUT2D eigenvalue weighted by atomic mass is 9.93. The van der Waals surface area contributed by atoms with Crippen molar-refractivity contribution >= 4 is 20.1 Å². The Balaban J connectivity index is 2.44. The predicted octanol–water partition coefficient (Wildman–Crippen LogP) is 8.28. The molecule has 28 heavy (non-hydrogen) atoms. The number of hydrogen-bond donors (Lipinski definition) is 0. The zero-order valence-corrected chi connectivity index (χ0v) is 19.6. The second kappa shape index (κ2) is 10.2. The molecule has 3 heteroatoms. The number of aliphatic imine (C=N–C) groups is 1. The molecule has 0 saturated heterocycles. The van der Waals surface area contributed by atoms with Crippen molar-refractivity contribution in [2.45, 2.75) is 78.5 Å². The van der Waals surface area contributed by atoms with Gasteiger partial charge in [0.1, 0.15) is 5.75 Å². The van der Waals surface area contributed by atoms with Crippen LogP contribution in [0.2, 0.25) is 0 Å². The summed E-state index contributed by atoms with van der Waals surface area (Å²) in [5.41, 5.74) is 5.80. The highest BCUT2D eigenvalue weighted by molar-refractivity contribution is 7.54. The molecule has 0 amide bonds. The SMILES string of the molecule is CC(C)c1cccc(C(C)C)c1N=Cc1ccccc1OP(C(C)C)C(C)C. The summed E-state index contributed by atoms with van der Waals surface area (Å²) in [6, 6.07) is 14.8. The number of benzene rings is 2. The highest BCUT2D eigenvalue weighted by Crippen LogP contribution is 2.47. The van der Waals surface area contributed by atoms with Gasteiger partial charge < -0.3 is 4.52 Å². The van der Waals surface area contributed by atoms with E-state index in [0.717, 1.165) is 17.0 Å². The van der Waals surface area contributed by atoms with E-state index in [1.165, 1.54) is 11.1 Å². The minimum absolute atomic E-state index is 0.437. The Morgan fingerprint density at radius 2 is 1.29 bits per heavy atom. The third kappa shape index (κ3) is 5.67. The molecule has 0 aromatic heterocycles. The van der Waals surface area contributed by atoms with Gasteiger partial charge in [-0.25, -0.2) is 0 Å². The van der Waals surface area contributed by atoms with Crippen LogP contribution in [0.15, 0.2) is 47.5 Å². The Morgan fingerprint density at radius 1 is 0.750 bits per heavy atom. The maximum absolute atomic E-state index is 6.49. The second-order valence-electron chi connectivity index (χ2n) is 8.53. The van der Waals surface area contributed by atoms with Gasteiger partial charge in [0.05, 0.1) is 13.8 Å². The number of para-hydroxylation sites is 2. The average Bonchev–Trinajstić information content (AvgIpc) is 2.64. The molecule has 2 aromatic rings. The highest BCUT2D eigenvalue weighted by Gasteiger charge is 2.21. The maximum Gasteiger partial charge on any atom is 0.132 e. The quantitative estimate of drug-likeness (QED) is 0.324. The normalized spacial score (nSPS) is 12.3. The Morgan fingerprint density at radius 3 is 1.79 bits per heavy atom. The predicted molar refractivity (Wildman–Crippen MR) is 126 cm³/mol. The fraction of sp³-hybridized carbons (Fsp3) is 0.480. The first-order chi connectivity index (χ1) is 13.2. The molecule has 0 unspecified atom stereocenters. The summed E-state index contributed by atoms with van der Waals surface area (Å²) in [4.78, 5) is 4.98. The van der Waals surface area contributed by atoms with Crippen LogP contribution in [0.5, 0.6) is 5.75 Å². The Labute approximate surface area is 173 Å². The maximum atomic E-state index is 6.49. The third-order valence-electron chi connectivity index (χ3n) is 4.82. The molecule has 0 aliphatic rings. The largest absolute Gasteiger partial charge is 0.473 e. The lowest BCUT2D eigenvalue weighted by Gasteiger charge is -2.26. The van der Waals surface area contributed by atoms with Gasteiger partial charge in [-0.05, 0) is 35.1 Å². The molecule has 0 saturated carbocycles. The van der Waals surface area contributed by atoms with Crippen LogP contribution in [0.1, 0.15) is 83.9 Å². The summed E-state index contributed by atoms with van der Waals surface area (Å²) >= 11 is 0. The molecular weight excluding hydrogens is 361 g/mol. The van der Waals surface area contributed by atoms with Crippen molar-refractivity contribution in [2.24, 2.45) is 4.99 Å². The first-order valence-corrected chi connectivity index (χ1v) is 11.8. The van der Waals surface area contributed by atoms with Crippen molar-refractivity contribution in [1.29, 1.82) is 0 Å². The fourth-order valence-corrected chi connectivity index (χ4v) is 5.39. The highest BCUT2D eigenvalue weighted by atomic mass is 31.1. The number of rotatable bonds is 8. The molecule has 0 fully saturated rings. The van der Waals surface area contributed by atoms with Crippen molar-refractivity contribution in [2.75, 3.05) is 0 Å². The third-order valence-corrected chi connectivity index (χ3v) is 7.26. The van der Waals surface area contributed by atoms with Gasteiger partial charge in [0.25, 0.3) is 0 Å². The van der Waals surface area contributed by atoms with Crippen LogP contribution in [0.4, 0.5) is 5.69 Å². The average molecular weight is 398 g/mol. The van der Waals surface area contributed by atoms with Crippen LogP contribution in [0.3, 0.4) is 0 Å². The van der Waals surface area contributed by atoms with E-state index >= 15 is 0 Å². The van der Waals surface area contributed by atoms with E-state index in [0.29, 0.717) is 23.2 Å². The van der Waals surface area contributed by atoms with Crippen LogP contribution in [0.25, 0.3) is 0 Å². The summed E-state index contributed by atoms with van der Waals surface area (Å²) in [5.74, 6) is 1.81. The van der Waals surface area contributed by atoms with E-state index in [4.69, 9.17) is 9.52 Å². The number of nitrogens with zero attached hydrogens (tertiary/aromatic N) is 1. The number of hydrogen-bond acceptors (Lipinski definition) is 2. The van der Waals surface area contributed by atoms with Crippen molar-refractivity contribution < 1.29 is 4.52 Å². The molecule has 0 atom stereocenters. The van der Waals surface area contributed by atoms with Gasteiger partial charge in [0, 0.05) is 23.1 Å². The van der Waals surface area contributed by atoms with Crippen molar-refractivity contribution in [1.82, 2.24) is 0 Å². The monoisotopic (exact) mass is 397 g/mol. The Kier molecular flexibility index (Phi) is 8.25. The van der Waals surface area contributed by atoms with E-state index < -0.39 is 8.15 Å². The molecule has 0 aliphatic heterocycles. The van der Waals surface area contributed by atoms with E-state index in [2.05, 4.69) is 91.8 Å². The molecule has 0 bridgehead atoms. The summed E-state index contributed by atoms with van der Waals surface area (Å²) in [5, 5.41) is 0. The molecule has 0 N–H and O–H groups in total. The van der Waals surface area contributed by atoms with Crippen molar-refractivity contribution in [3.63, 3.8) is 0 Å². The van der Waals surface area contributed by atoms with Gasteiger partial charge in [0.15, 0.2) is 0 Å². The second-order valence-corrected chi connectivity index (χ2v) is 11.5. The molecule has 0 radical (unpaired) electrons. The molecule has 2 aromatic carbocycles. The molecule has 152 valence electrons. The molecule has 0 aliphatic carbocycles. The van der Waals surface area contributed by atoms with Crippen molar-refractivity contribution in [3.8, 4) is 5.75 Å². The van der Waals surface area contributed by atoms with E-state index in [9.17, 15) is 0 Å². The van der Waals surface area contributed by atoms with Gasteiger partial charge in [0.2, 0.25) is 0 Å². The van der Waals surface area contributed by atoms with Crippen LogP contribution in [0, 0.1) is 0 Å². The summed E-state index contributed by atoms with van der Waals surface area (Å²) in [6.07, 6.45) is 1.98. The molecule has 2 nitrogen and oxygen atoms in total. The van der Waals surface area contributed by atoms with Gasteiger partial charge in [-0.3, -0.25) is 4.99 Å². The van der Waals surface area contributed by atoms with Gasteiger partial charge in [-0.15, -0.1) is 0 Å². The van der Waals surface area contributed by atoms with Gasteiger partial charge in [-0.2, -0.15) is 0 Å². The summed E-state index contributed by atoms with van der Waals surface area (Å²) < 4.78 is 6.49. The zero-order valence-electron chi connectivity index (χ0n) is 18.7. The standard InChI is InChI=1S/C25H36NOP/c1-17(2)22-13-11-14-23(18(3)4)25(22)26-16-21-12-9-10-15-24(21)27-28(19(5)6)20(7)8/h9-20H,1-8H3. The summed E-state index contributed by atoms with van der Waals surface area (Å²) in [7, 11) is -0.531.